The van der Waals surface area contributed by atoms with Gasteiger partial charge in [-0.05, 0) is 35.4 Å². The average molecular weight is 319 g/mol. The molecule has 0 fully saturated rings. The van der Waals surface area contributed by atoms with Gasteiger partial charge in [0.25, 0.3) is 5.69 Å². The fourth-order valence-electron chi connectivity index (χ4n) is 2.04. The van der Waals surface area contributed by atoms with E-state index in [9.17, 15) is 24.1 Å². The number of carbonyl (C=O) groups excluding carboxylic acids is 1. The molecular formula is C15H10FNO6. The predicted octanol–water partition coefficient (Wildman–Crippen LogP) is 2.89. The third-order valence-electron chi connectivity index (χ3n) is 3.08. The second-order valence-electron chi connectivity index (χ2n) is 4.51. The van der Waals surface area contributed by atoms with Crippen molar-refractivity contribution >= 4 is 17.6 Å². The Labute approximate surface area is 129 Å². The van der Waals surface area contributed by atoms with Crippen LogP contribution in [0.25, 0.3) is 11.1 Å². The van der Waals surface area contributed by atoms with Gasteiger partial charge in [0, 0.05) is 6.07 Å². The first-order valence-electron chi connectivity index (χ1n) is 6.24. The van der Waals surface area contributed by atoms with Crippen LogP contribution in [0.1, 0.15) is 20.7 Å². The van der Waals surface area contributed by atoms with Gasteiger partial charge in [0.05, 0.1) is 17.6 Å². The molecule has 0 saturated carbocycles. The number of rotatable bonds is 4. The fourth-order valence-corrected chi connectivity index (χ4v) is 2.04. The quantitative estimate of drug-likeness (QED) is 0.527. The number of halogens is 1. The number of benzene rings is 2. The number of ether oxygens (including phenoxy) is 1. The van der Waals surface area contributed by atoms with Crippen molar-refractivity contribution < 1.29 is 28.7 Å². The van der Waals surface area contributed by atoms with Gasteiger partial charge < -0.3 is 9.84 Å². The Morgan fingerprint density at radius 2 is 1.87 bits per heavy atom. The third kappa shape index (κ3) is 3.31. The number of nitro benzene ring substituents is 1. The van der Waals surface area contributed by atoms with E-state index in [0.717, 1.165) is 31.4 Å². The zero-order chi connectivity index (χ0) is 17.1. The highest BCUT2D eigenvalue weighted by Crippen LogP contribution is 2.28. The minimum absolute atomic E-state index is 0.0625. The highest BCUT2D eigenvalue weighted by molar-refractivity contribution is 5.94. The molecule has 2 aromatic carbocycles. The minimum atomic E-state index is -1.45. The van der Waals surface area contributed by atoms with Gasteiger partial charge in [0.15, 0.2) is 0 Å². The topological polar surface area (TPSA) is 107 Å². The molecule has 0 aliphatic carbocycles. The maximum atomic E-state index is 13.6. The van der Waals surface area contributed by atoms with E-state index < -0.39 is 33.9 Å². The number of aromatic carboxylic acids is 1. The van der Waals surface area contributed by atoms with Crippen molar-refractivity contribution in [3.8, 4) is 11.1 Å². The zero-order valence-corrected chi connectivity index (χ0v) is 11.8. The van der Waals surface area contributed by atoms with Crippen LogP contribution in [-0.2, 0) is 4.74 Å². The Hall–Kier alpha value is -3.29. The summed E-state index contributed by atoms with van der Waals surface area (Å²) >= 11 is 0. The smallest absolute Gasteiger partial charge is 0.342 e. The third-order valence-corrected chi connectivity index (χ3v) is 3.08. The Bertz CT molecular complexity index is 818. The molecule has 0 aliphatic heterocycles. The molecule has 0 saturated heterocycles. The van der Waals surface area contributed by atoms with Crippen molar-refractivity contribution in [3.63, 3.8) is 0 Å². The van der Waals surface area contributed by atoms with Crippen molar-refractivity contribution in [2.45, 2.75) is 0 Å². The molecule has 118 valence electrons. The van der Waals surface area contributed by atoms with Crippen LogP contribution >= 0.6 is 0 Å². The van der Waals surface area contributed by atoms with Crippen molar-refractivity contribution in [1.29, 1.82) is 0 Å². The summed E-state index contributed by atoms with van der Waals surface area (Å²) in [5.41, 5.74) is -0.786. The van der Waals surface area contributed by atoms with Gasteiger partial charge in [-0.15, -0.1) is 0 Å². The number of carbonyl (C=O) groups is 2. The summed E-state index contributed by atoms with van der Waals surface area (Å²) in [5, 5.41) is 19.9. The number of hydrogen-bond donors (Lipinski definition) is 1. The largest absolute Gasteiger partial charge is 0.477 e. The molecule has 0 bridgehead atoms. The molecule has 8 heteroatoms. The Balaban J connectivity index is 2.61. The van der Waals surface area contributed by atoms with E-state index in [4.69, 9.17) is 5.11 Å². The summed E-state index contributed by atoms with van der Waals surface area (Å²) in [6.45, 7) is 0. The van der Waals surface area contributed by atoms with Crippen LogP contribution in [0, 0.1) is 15.9 Å². The van der Waals surface area contributed by atoms with Gasteiger partial charge in [-0.1, -0.05) is 6.07 Å². The first kappa shape index (κ1) is 16.1. The molecule has 0 aromatic heterocycles. The average Bonchev–Trinajstić information content (AvgIpc) is 2.52. The van der Waals surface area contributed by atoms with Gasteiger partial charge >= 0.3 is 11.9 Å². The summed E-state index contributed by atoms with van der Waals surface area (Å²) in [6, 6.07) is 6.71. The molecule has 0 spiro atoms. The molecule has 0 radical (unpaired) electrons. The van der Waals surface area contributed by atoms with Crippen molar-refractivity contribution in [2.24, 2.45) is 0 Å². The van der Waals surface area contributed by atoms with Crippen LogP contribution in [-0.4, -0.2) is 29.1 Å². The maximum absolute atomic E-state index is 13.6. The van der Waals surface area contributed by atoms with Crippen molar-refractivity contribution in [1.82, 2.24) is 0 Å². The lowest BCUT2D eigenvalue weighted by atomic mass is 10.00. The number of esters is 1. The van der Waals surface area contributed by atoms with E-state index in [1.54, 1.807) is 0 Å². The molecule has 1 N–H and O–H groups in total. The van der Waals surface area contributed by atoms with Crippen molar-refractivity contribution in [2.75, 3.05) is 7.11 Å². The number of methoxy groups -OCH3 is 1. The number of nitro groups is 1. The molecule has 2 aromatic rings. The van der Waals surface area contributed by atoms with E-state index in [-0.39, 0.29) is 16.7 Å². The van der Waals surface area contributed by atoms with E-state index in [2.05, 4.69) is 4.74 Å². The highest BCUT2D eigenvalue weighted by atomic mass is 19.1. The lowest BCUT2D eigenvalue weighted by Gasteiger charge is -2.06. The van der Waals surface area contributed by atoms with Crippen LogP contribution in [0.3, 0.4) is 0 Å². The molecule has 0 unspecified atom stereocenters. The Morgan fingerprint density at radius 1 is 1.17 bits per heavy atom. The fraction of sp³-hybridized carbons (Fsp3) is 0.0667. The summed E-state index contributed by atoms with van der Waals surface area (Å²) in [7, 11) is 1.14. The second kappa shape index (κ2) is 6.22. The Morgan fingerprint density at radius 3 is 2.43 bits per heavy atom. The Kier molecular flexibility index (Phi) is 4.35. The van der Waals surface area contributed by atoms with Crippen LogP contribution < -0.4 is 0 Å². The van der Waals surface area contributed by atoms with Gasteiger partial charge in [-0.2, -0.15) is 0 Å². The van der Waals surface area contributed by atoms with Crippen molar-refractivity contribution in [3.05, 3.63) is 63.5 Å². The molecule has 0 atom stereocenters. The SMILES string of the molecule is COC(=O)c1cc(F)cc(-c2ccc(C(=O)O)c([N+](=O)[O-])c2)c1. The van der Waals surface area contributed by atoms with E-state index >= 15 is 0 Å². The minimum Gasteiger partial charge on any atom is -0.477 e. The molecule has 7 nitrogen and oxygen atoms in total. The lowest BCUT2D eigenvalue weighted by molar-refractivity contribution is -0.385. The summed E-state index contributed by atoms with van der Waals surface area (Å²) in [6.07, 6.45) is 0. The molecule has 0 amide bonds. The number of hydrogen-bond acceptors (Lipinski definition) is 5. The first-order chi connectivity index (χ1) is 10.8. The normalized spacial score (nSPS) is 10.2. The molecule has 2 rings (SSSR count). The second-order valence-corrected chi connectivity index (χ2v) is 4.51. The maximum Gasteiger partial charge on any atom is 0.342 e. The van der Waals surface area contributed by atoms with Crippen LogP contribution in [0.5, 0.6) is 0 Å². The molecular weight excluding hydrogens is 309 g/mol. The van der Waals surface area contributed by atoms with Gasteiger partial charge in [-0.3, -0.25) is 10.1 Å². The lowest BCUT2D eigenvalue weighted by Crippen LogP contribution is -2.04. The first-order valence-corrected chi connectivity index (χ1v) is 6.24. The molecule has 0 heterocycles. The van der Waals surface area contributed by atoms with Gasteiger partial charge in [-0.25, -0.2) is 14.0 Å². The summed E-state index contributed by atoms with van der Waals surface area (Å²) in [4.78, 5) is 32.6. The van der Waals surface area contributed by atoms with E-state index in [0.29, 0.717) is 0 Å². The van der Waals surface area contributed by atoms with Gasteiger partial charge in [0.2, 0.25) is 0 Å². The van der Waals surface area contributed by atoms with Crippen LogP contribution in [0.4, 0.5) is 10.1 Å². The van der Waals surface area contributed by atoms with Crippen LogP contribution in [0.15, 0.2) is 36.4 Å². The van der Waals surface area contributed by atoms with Crippen LogP contribution in [0.2, 0.25) is 0 Å². The molecule has 0 aliphatic rings. The molecule has 23 heavy (non-hydrogen) atoms. The summed E-state index contributed by atoms with van der Waals surface area (Å²) < 4.78 is 18.1. The number of carboxylic acids is 1. The predicted molar refractivity (Wildman–Crippen MR) is 76.8 cm³/mol. The van der Waals surface area contributed by atoms with Gasteiger partial charge in [0.1, 0.15) is 11.4 Å². The highest BCUT2D eigenvalue weighted by Gasteiger charge is 2.21. The number of nitrogens with zero attached hydrogens (tertiary/aromatic N) is 1. The monoisotopic (exact) mass is 319 g/mol. The standard InChI is InChI=1S/C15H10FNO6/c1-23-15(20)10-4-9(5-11(16)6-10)8-2-3-12(14(18)19)13(7-8)17(21)22/h2-7H,1H3,(H,18,19). The van der Waals surface area contributed by atoms with E-state index in [1.165, 1.54) is 12.1 Å². The summed E-state index contributed by atoms with van der Waals surface area (Å²) in [5.74, 6) is -2.94. The zero-order valence-electron chi connectivity index (χ0n) is 11.8. The van der Waals surface area contributed by atoms with E-state index in [1.807, 2.05) is 0 Å². The number of carboxylic acid groups (broad SMARTS) is 1.